The Labute approximate surface area is 156 Å². The lowest BCUT2D eigenvalue weighted by molar-refractivity contribution is 0.0660. The molecular weight excluding hydrogens is 344 g/mol. The first kappa shape index (κ1) is 17.4. The maximum atomic E-state index is 12.8. The maximum Gasteiger partial charge on any atom is 0.281 e. The van der Waals surface area contributed by atoms with E-state index in [1.807, 2.05) is 36.1 Å². The van der Waals surface area contributed by atoms with E-state index in [4.69, 9.17) is 0 Å². The molecule has 1 N–H and O–H groups in total. The molecular formula is C19H22N6O2. The highest BCUT2D eigenvalue weighted by atomic mass is 16.2. The molecule has 1 aromatic carbocycles. The number of aryl methyl sites for hydroxylation is 2. The average Bonchev–Trinajstić information content (AvgIpc) is 3.04. The van der Waals surface area contributed by atoms with Crippen molar-refractivity contribution in [2.45, 2.75) is 33.2 Å². The molecule has 8 nitrogen and oxygen atoms in total. The van der Waals surface area contributed by atoms with E-state index in [1.54, 1.807) is 11.6 Å². The number of H-pyrrole nitrogens is 1. The number of nitrogens with zero attached hydrogens (tertiary/aromatic N) is 5. The van der Waals surface area contributed by atoms with Crippen LogP contribution in [0, 0.1) is 19.8 Å². The first-order chi connectivity index (χ1) is 13.0. The lowest BCUT2D eigenvalue weighted by atomic mass is 9.97. The van der Waals surface area contributed by atoms with Crippen LogP contribution in [0.4, 0.5) is 0 Å². The second kappa shape index (κ2) is 6.94. The van der Waals surface area contributed by atoms with Gasteiger partial charge in [0.15, 0.2) is 11.2 Å². The Balaban J connectivity index is 1.52. The molecule has 0 unspecified atom stereocenters. The molecule has 8 heteroatoms. The third-order valence-corrected chi connectivity index (χ3v) is 4.99. The second-order valence-corrected chi connectivity index (χ2v) is 7.22. The van der Waals surface area contributed by atoms with E-state index in [1.165, 1.54) is 0 Å². The zero-order chi connectivity index (χ0) is 19.0. The minimum absolute atomic E-state index is 0.0669. The quantitative estimate of drug-likeness (QED) is 0.761. The van der Waals surface area contributed by atoms with Gasteiger partial charge in [-0.15, -0.1) is 5.10 Å². The highest BCUT2D eigenvalue weighted by molar-refractivity contribution is 5.94. The van der Waals surface area contributed by atoms with E-state index in [2.05, 4.69) is 20.3 Å². The summed E-state index contributed by atoms with van der Waals surface area (Å²) in [6.07, 6.45) is 1.95. The number of carbonyl (C=O) groups excluding carboxylic acids is 1. The summed E-state index contributed by atoms with van der Waals surface area (Å²) in [4.78, 5) is 33.7. The van der Waals surface area contributed by atoms with Crippen molar-refractivity contribution in [3.05, 3.63) is 51.6 Å². The number of benzene rings is 1. The molecule has 3 aromatic rings. The van der Waals surface area contributed by atoms with Gasteiger partial charge in [0.05, 0.1) is 0 Å². The summed E-state index contributed by atoms with van der Waals surface area (Å²) in [7, 11) is 0. The molecule has 3 heterocycles. The van der Waals surface area contributed by atoms with Crippen molar-refractivity contribution in [1.82, 2.24) is 29.9 Å². The molecule has 1 fully saturated rings. The topological polar surface area (TPSA) is 96.8 Å². The van der Waals surface area contributed by atoms with Gasteiger partial charge in [0.1, 0.15) is 5.82 Å². The van der Waals surface area contributed by atoms with Gasteiger partial charge in [0, 0.05) is 25.2 Å². The number of hydrogen-bond acceptors (Lipinski definition) is 5. The Morgan fingerprint density at radius 1 is 1.33 bits per heavy atom. The van der Waals surface area contributed by atoms with Gasteiger partial charge in [-0.1, -0.05) is 22.9 Å². The van der Waals surface area contributed by atoms with Gasteiger partial charge in [-0.2, -0.15) is 0 Å². The van der Waals surface area contributed by atoms with Crippen LogP contribution in [0.1, 0.15) is 34.6 Å². The summed E-state index contributed by atoms with van der Waals surface area (Å²) in [5.74, 6) is 0.854. The highest BCUT2D eigenvalue weighted by Crippen LogP contribution is 2.21. The fraction of sp³-hybridized carbons (Fsp3) is 0.421. The number of fused-ring (bicyclic) bond motifs is 1. The number of hydrogen-bond donors (Lipinski definition) is 1. The monoisotopic (exact) mass is 366 g/mol. The Kier molecular flexibility index (Phi) is 4.47. The zero-order valence-corrected chi connectivity index (χ0v) is 15.5. The molecule has 1 saturated heterocycles. The lowest BCUT2D eigenvalue weighted by Gasteiger charge is -2.32. The number of amides is 1. The summed E-state index contributed by atoms with van der Waals surface area (Å²) in [5.41, 5.74) is 2.28. The van der Waals surface area contributed by atoms with Crippen molar-refractivity contribution in [3.8, 4) is 0 Å². The number of nitrogens with one attached hydrogen (secondary N) is 1. The van der Waals surface area contributed by atoms with Crippen LogP contribution >= 0.6 is 0 Å². The minimum Gasteiger partial charge on any atom is -0.338 e. The van der Waals surface area contributed by atoms with Crippen LogP contribution in [0.15, 0.2) is 29.1 Å². The summed E-state index contributed by atoms with van der Waals surface area (Å²) in [6, 6.07) is 7.69. The minimum atomic E-state index is -0.274. The molecule has 0 radical (unpaired) electrons. The van der Waals surface area contributed by atoms with E-state index >= 15 is 0 Å². The van der Waals surface area contributed by atoms with E-state index in [0.29, 0.717) is 24.6 Å². The van der Waals surface area contributed by atoms with Crippen molar-refractivity contribution in [2.24, 2.45) is 5.92 Å². The van der Waals surface area contributed by atoms with Crippen LogP contribution in [0.2, 0.25) is 0 Å². The molecule has 4 rings (SSSR count). The van der Waals surface area contributed by atoms with Crippen molar-refractivity contribution in [2.75, 3.05) is 13.1 Å². The predicted molar refractivity (Wildman–Crippen MR) is 100 cm³/mol. The zero-order valence-electron chi connectivity index (χ0n) is 15.5. The number of aromatic amines is 1. The first-order valence-electron chi connectivity index (χ1n) is 9.17. The van der Waals surface area contributed by atoms with Crippen molar-refractivity contribution in [3.63, 3.8) is 0 Å². The van der Waals surface area contributed by atoms with Gasteiger partial charge in [0.2, 0.25) is 0 Å². The molecule has 27 heavy (non-hydrogen) atoms. The van der Waals surface area contributed by atoms with E-state index < -0.39 is 0 Å². The van der Waals surface area contributed by atoms with Gasteiger partial charge in [-0.25, -0.2) is 9.67 Å². The second-order valence-electron chi connectivity index (χ2n) is 7.22. The summed E-state index contributed by atoms with van der Waals surface area (Å²) in [5, 5.41) is 8.07. The van der Waals surface area contributed by atoms with Crippen molar-refractivity contribution in [1.29, 1.82) is 0 Å². The maximum absolute atomic E-state index is 12.8. The number of rotatable bonds is 3. The molecule has 0 saturated carbocycles. The lowest BCUT2D eigenvalue weighted by Crippen LogP contribution is -2.41. The number of piperidine rings is 1. The smallest absolute Gasteiger partial charge is 0.281 e. The summed E-state index contributed by atoms with van der Waals surface area (Å²) < 4.78 is 1.68. The summed E-state index contributed by atoms with van der Waals surface area (Å²) >= 11 is 0. The first-order valence-corrected chi connectivity index (χ1v) is 9.17. The van der Waals surface area contributed by atoms with Gasteiger partial charge in [-0.05, 0) is 44.7 Å². The van der Waals surface area contributed by atoms with Crippen LogP contribution in [0.25, 0.3) is 11.2 Å². The fourth-order valence-electron chi connectivity index (χ4n) is 3.70. The Morgan fingerprint density at radius 2 is 2.19 bits per heavy atom. The number of carbonyl (C=O) groups is 1. The van der Waals surface area contributed by atoms with Gasteiger partial charge in [0.25, 0.3) is 11.5 Å². The molecule has 1 aliphatic rings. The Morgan fingerprint density at radius 3 is 3.00 bits per heavy atom. The van der Waals surface area contributed by atoms with E-state index in [0.717, 1.165) is 30.5 Å². The van der Waals surface area contributed by atoms with Gasteiger partial charge >= 0.3 is 0 Å². The Hall–Kier alpha value is -3.03. The number of likely N-dealkylation sites (tertiary alicyclic amines) is 1. The molecule has 2 aromatic heterocycles. The molecule has 1 amide bonds. The molecule has 1 aliphatic heterocycles. The van der Waals surface area contributed by atoms with Crippen molar-refractivity contribution < 1.29 is 4.79 Å². The van der Waals surface area contributed by atoms with E-state index in [9.17, 15) is 9.59 Å². The van der Waals surface area contributed by atoms with Crippen LogP contribution in [-0.4, -0.2) is 48.9 Å². The van der Waals surface area contributed by atoms with Gasteiger partial charge in [-0.3, -0.25) is 9.59 Å². The molecule has 0 spiro atoms. The standard InChI is InChI=1S/C19H22N6O2/c1-12-5-3-7-15(9-12)19(27)24-8-4-6-14(10-24)11-25-17-16(22-23-25)18(26)21-13(2)20-17/h3,5,7,9,14H,4,6,8,10-11H2,1-2H3,(H,20,21,26)/t14-/m0/s1. The number of aromatic nitrogens is 5. The van der Waals surface area contributed by atoms with Crippen LogP contribution in [0.3, 0.4) is 0 Å². The largest absolute Gasteiger partial charge is 0.338 e. The highest BCUT2D eigenvalue weighted by Gasteiger charge is 2.26. The van der Waals surface area contributed by atoms with Crippen LogP contribution in [-0.2, 0) is 6.54 Å². The van der Waals surface area contributed by atoms with E-state index in [-0.39, 0.29) is 22.9 Å². The molecule has 0 bridgehead atoms. The normalized spacial score (nSPS) is 17.4. The fourth-order valence-corrected chi connectivity index (χ4v) is 3.70. The van der Waals surface area contributed by atoms with Gasteiger partial charge < -0.3 is 9.88 Å². The third-order valence-electron chi connectivity index (χ3n) is 4.99. The van der Waals surface area contributed by atoms with Crippen molar-refractivity contribution >= 4 is 17.1 Å². The average molecular weight is 366 g/mol. The van der Waals surface area contributed by atoms with Crippen LogP contribution in [0.5, 0.6) is 0 Å². The SMILES string of the molecule is Cc1cccc(C(=O)N2CCC[C@H](Cn3nnc4c(=O)[nH]c(C)nc43)C2)c1. The third kappa shape index (κ3) is 3.47. The predicted octanol–water partition coefficient (Wildman–Crippen LogP) is 1.68. The molecule has 140 valence electrons. The molecule has 0 aliphatic carbocycles. The molecule has 1 atom stereocenters. The summed E-state index contributed by atoms with van der Waals surface area (Å²) in [6.45, 7) is 5.74. The van der Waals surface area contributed by atoms with Crippen LogP contribution < -0.4 is 5.56 Å². The Bertz CT molecular complexity index is 1050.